The lowest BCUT2D eigenvalue weighted by atomic mass is 9.95. The zero-order chi connectivity index (χ0) is 12.3. The fourth-order valence-electron chi connectivity index (χ4n) is 2.16. The average molecular weight is 255 g/mol. The van der Waals surface area contributed by atoms with Crippen molar-refractivity contribution < 1.29 is 14.6 Å². The third-order valence-corrected chi connectivity index (χ3v) is 3.99. The SMILES string of the molecule is COC(=O)[C@H]1CN(Cc2cccs2)CC[C@@H]1O. The minimum absolute atomic E-state index is 0.312. The van der Waals surface area contributed by atoms with E-state index in [9.17, 15) is 9.90 Å². The van der Waals surface area contributed by atoms with Crippen LogP contribution in [0.4, 0.5) is 0 Å². The monoisotopic (exact) mass is 255 g/mol. The van der Waals surface area contributed by atoms with E-state index in [1.807, 2.05) is 11.4 Å². The van der Waals surface area contributed by atoms with Crippen LogP contribution in [0.2, 0.25) is 0 Å². The van der Waals surface area contributed by atoms with E-state index in [-0.39, 0.29) is 5.97 Å². The van der Waals surface area contributed by atoms with Crippen LogP contribution in [0.25, 0.3) is 0 Å². The van der Waals surface area contributed by atoms with E-state index in [4.69, 9.17) is 4.74 Å². The molecule has 0 aromatic carbocycles. The molecule has 0 saturated carbocycles. The molecule has 17 heavy (non-hydrogen) atoms. The van der Waals surface area contributed by atoms with Gasteiger partial charge in [-0.3, -0.25) is 9.69 Å². The van der Waals surface area contributed by atoms with Gasteiger partial charge in [0, 0.05) is 24.5 Å². The van der Waals surface area contributed by atoms with Crippen LogP contribution in [0, 0.1) is 5.92 Å². The Morgan fingerprint density at radius 1 is 1.71 bits per heavy atom. The van der Waals surface area contributed by atoms with E-state index < -0.39 is 12.0 Å². The van der Waals surface area contributed by atoms with E-state index in [0.717, 1.165) is 13.1 Å². The maximum absolute atomic E-state index is 11.5. The summed E-state index contributed by atoms with van der Waals surface area (Å²) in [7, 11) is 1.37. The lowest BCUT2D eigenvalue weighted by Gasteiger charge is -2.34. The summed E-state index contributed by atoms with van der Waals surface area (Å²) in [5.41, 5.74) is 0. The third kappa shape index (κ3) is 3.06. The summed E-state index contributed by atoms with van der Waals surface area (Å²) in [5, 5.41) is 11.8. The molecule has 0 unspecified atom stereocenters. The Labute approximate surface area is 105 Å². The van der Waals surface area contributed by atoms with Crippen molar-refractivity contribution in [2.24, 2.45) is 5.92 Å². The second-order valence-electron chi connectivity index (χ2n) is 4.30. The van der Waals surface area contributed by atoms with Gasteiger partial charge in [-0.2, -0.15) is 0 Å². The van der Waals surface area contributed by atoms with E-state index in [2.05, 4.69) is 11.0 Å². The minimum atomic E-state index is -0.568. The highest BCUT2D eigenvalue weighted by molar-refractivity contribution is 7.09. The number of nitrogens with zero attached hydrogens (tertiary/aromatic N) is 1. The first kappa shape index (κ1) is 12.5. The maximum atomic E-state index is 11.5. The van der Waals surface area contributed by atoms with Crippen molar-refractivity contribution in [2.75, 3.05) is 20.2 Å². The number of carbonyl (C=O) groups is 1. The molecular formula is C12H17NO3S. The number of hydrogen-bond acceptors (Lipinski definition) is 5. The highest BCUT2D eigenvalue weighted by Gasteiger charge is 2.33. The summed E-state index contributed by atoms with van der Waals surface area (Å²) in [6.07, 6.45) is 0.0625. The third-order valence-electron chi connectivity index (χ3n) is 3.12. The Kier molecular flexibility index (Phi) is 4.15. The largest absolute Gasteiger partial charge is 0.469 e. The molecule has 4 nitrogen and oxygen atoms in total. The number of hydrogen-bond donors (Lipinski definition) is 1. The summed E-state index contributed by atoms with van der Waals surface area (Å²) >= 11 is 1.71. The molecule has 1 N–H and O–H groups in total. The van der Waals surface area contributed by atoms with Crippen LogP contribution < -0.4 is 0 Å². The maximum Gasteiger partial charge on any atom is 0.312 e. The molecule has 0 spiro atoms. The lowest BCUT2D eigenvalue weighted by Crippen LogP contribution is -2.46. The average Bonchev–Trinajstić information content (AvgIpc) is 2.83. The van der Waals surface area contributed by atoms with Crippen molar-refractivity contribution in [3.63, 3.8) is 0 Å². The predicted molar refractivity (Wildman–Crippen MR) is 65.7 cm³/mol. The van der Waals surface area contributed by atoms with Crippen LogP contribution in [0.1, 0.15) is 11.3 Å². The van der Waals surface area contributed by atoms with E-state index in [0.29, 0.717) is 13.0 Å². The Morgan fingerprint density at radius 3 is 3.18 bits per heavy atom. The van der Waals surface area contributed by atoms with Gasteiger partial charge in [0.25, 0.3) is 0 Å². The summed E-state index contributed by atoms with van der Waals surface area (Å²) in [4.78, 5) is 15.0. The van der Waals surface area contributed by atoms with Crippen LogP contribution in [-0.4, -0.2) is 42.3 Å². The Bertz CT molecular complexity index is 366. The second kappa shape index (κ2) is 5.62. The minimum Gasteiger partial charge on any atom is -0.469 e. The molecular weight excluding hydrogens is 238 g/mol. The van der Waals surface area contributed by atoms with Crippen LogP contribution in [0.15, 0.2) is 17.5 Å². The molecule has 0 bridgehead atoms. The number of esters is 1. The molecule has 0 aliphatic carbocycles. The van der Waals surface area contributed by atoms with Crippen molar-refractivity contribution in [2.45, 2.75) is 19.1 Å². The van der Waals surface area contributed by atoms with Crippen LogP contribution in [-0.2, 0) is 16.1 Å². The topological polar surface area (TPSA) is 49.8 Å². The number of likely N-dealkylation sites (tertiary alicyclic amines) is 1. The standard InChI is InChI=1S/C12H17NO3S/c1-16-12(15)10-8-13(5-4-11(10)14)7-9-3-2-6-17-9/h2-3,6,10-11,14H,4-5,7-8H2,1H3/t10-,11-/m0/s1. The number of aliphatic hydroxyl groups is 1. The highest BCUT2D eigenvalue weighted by Crippen LogP contribution is 2.21. The number of carbonyl (C=O) groups excluding carboxylic acids is 1. The van der Waals surface area contributed by atoms with Gasteiger partial charge in [0.15, 0.2) is 0 Å². The molecule has 0 radical (unpaired) electrons. The van der Waals surface area contributed by atoms with Crippen LogP contribution in [0.3, 0.4) is 0 Å². The van der Waals surface area contributed by atoms with Gasteiger partial charge < -0.3 is 9.84 Å². The Hall–Kier alpha value is -0.910. The van der Waals surface area contributed by atoms with Gasteiger partial charge in [-0.1, -0.05) is 6.07 Å². The van der Waals surface area contributed by atoms with Gasteiger partial charge in [-0.25, -0.2) is 0 Å². The van der Waals surface area contributed by atoms with Crippen molar-refractivity contribution in [3.05, 3.63) is 22.4 Å². The summed E-state index contributed by atoms with van der Waals surface area (Å²) in [5.74, 6) is -0.720. The van der Waals surface area contributed by atoms with E-state index in [1.165, 1.54) is 12.0 Å². The summed E-state index contributed by atoms with van der Waals surface area (Å²) in [6, 6.07) is 4.11. The molecule has 94 valence electrons. The van der Waals surface area contributed by atoms with Gasteiger partial charge in [-0.15, -0.1) is 11.3 Å². The van der Waals surface area contributed by atoms with Crippen molar-refractivity contribution >= 4 is 17.3 Å². The highest BCUT2D eigenvalue weighted by atomic mass is 32.1. The van der Waals surface area contributed by atoms with E-state index >= 15 is 0 Å². The van der Waals surface area contributed by atoms with Gasteiger partial charge >= 0.3 is 5.97 Å². The molecule has 1 saturated heterocycles. The molecule has 5 heteroatoms. The zero-order valence-corrected chi connectivity index (χ0v) is 10.7. The fraction of sp³-hybridized carbons (Fsp3) is 0.583. The molecule has 0 amide bonds. The molecule has 1 aromatic rings. The number of ether oxygens (including phenoxy) is 1. The Balaban J connectivity index is 1.95. The quantitative estimate of drug-likeness (QED) is 0.822. The van der Waals surface area contributed by atoms with Gasteiger partial charge in [0.05, 0.1) is 19.1 Å². The molecule has 2 atom stereocenters. The number of aliphatic hydroxyl groups excluding tert-OH is 1. The van der Waals surface area contributed by atoms with Crippen molar-refractivity contribution in [1.29, 1.82) is 0 Å². The first-order valence-electron chi connectivity index (χ1n) is 5.71. The number of thiophene rings is 1. The van der Waals surface area contributed by atoms with Gasteiger partial charge in [-0.05, 0) is 17.9 Å². The lowest BCUT2D eigenvalue weighted by molar-refractivity contribution is -0.152. The normalized spacial score (nSPS) is 25.8. The molecule has 2 rings (SSSR count). The zero-order valence-electron chi connectivity index (χ0n) is 9.83. The first-order chi connectivity index (χ1) is 8.20. The van der Waals surface area contributed by atoms with E-state index in [1.54, 1.807) is 11.3 Å². The number of rotatable bonds is 3. The van der Waals surface area contributed by atoms with Crippen LogP contribution >= 0.6 is 11.3 Å². The van der Waals surface area contributed by atoms with Gasteiger partial charge in [0.2, 0.25) is 0 Å². The summed E-state index contributed by atoms with van der Waals surface area (Å²) < 4.78 is 4.72. The Morgan fingerprint density at radius 2 is 2.53 bits per heavy atom. The van der Waals surface area contributed by atoms with Crippen molar-refractivity contribution in [3.8, 4) is 0 Å². The second-order valence-corrected chi connectivity index (χ2v) is 5.33. The molecule has 1 aliphatic rings. The van der Waals surface area contributed by atoms with Gasteiger partial charge in [0.1, 0.15) is 0 Å². The smallest absolute Gasteiger partial charge is 0.312 e. The number of methoxy groups -OCH3 is 1. The summed E-state index contributed by atoms with van der Waals surface area (Å²) in [6.45, 7) is 2.25. The molecule has 1 aromatic heterocycles. The number of piperidine rings is 1. The molecule has 1 fully saturated rings. The first-order valence-corrected chi connectivity index (χ1v) is 6.59. The van der Waals surface area contributed by atoms with Crippen molar-refractivity contribution in [1.82, 2.24) is 4.90 Å². The molecule has 1 aliphatic heterocycles. The molecule has 2 heterocycles. The predicted octanol–water partition coefficient (Wildman–Crippen LogP) is 1.10. The van der Waals surface area contributed by atoms with Crippen LogP contribution in [0.5, 0.6) is 0 Å². The fourth-order valence-corrected chi connectivity index (χ4v) is 2.90.